The van der Waals surface area contributed by atoms with Gasteiger partial charge in [0.15, 0.2) is 5.78 Å². The molecule has 0 saturated heterocycles. The van der Waals surface area contributed by atoms with Crippen LogP contribution in [0, 0.1) is 26.6 Å². The number of ketones is 1. The Morgan fingerprint density at radius 2 is 1.65 bits per heavy atom. The van der Waals surface area contributed by atoms with Gasteiger partial charge in [0, 0.05) is 16.5 Å². The Morgan fingerprint density at radius 3 is 2.20 bits per heavy atom. The molecule has 0 radical (unpaired) electrons. The summed E-state index contributed by atoms with van der Waals surface area (Å²) < 4.78 is 14.0. The molecule has 0 unspecified atom stereocenters. The van der Waals surface area contributed by atoms with Crippen molar-refractivity contribution in [2.45, 2.75) is 27.2 Å². The van der Waals surface area contributed by atoms with Crippen molar-refractivity contribution in [1.29, 1.82) is 0 Å². The molecule has 0 saturated carbocycles. The summed E-state index contributed by atoms with van der Waals surface area (Å²) in [6, 6.07) is 8.57. The first-order valence-corrected chi connectivity index (χ1v) is 7.22. The fourth-order valence-corrected chi connectivity index (χ4v) is 3.12. The van der Waals surface area contributed by atoms with E-state index in [1.165, 1.54) is 12.1 Å². The quantitative estimate of drug-likeness (QED) is 0.726. The molecule has 1 nitrogen and oxygen atoms in total. The van der Waals surface area contributed by atoms with E-state index in [0.717, 1.165) is 22.3 Å². The van der Waals surface area contributed by atoms with Crippen molar-refractivity contribution < 1.29 is 9.18 Å². The smallest absolute Gasteiger partial charge is 0.167 e. The van der Waals surface area contributed by atoms with Crippen molar-refractivity contribution in [1.82, 2.24) is 0 Å². The van der Waals surface area contributed by atoms with Crippen molar-refractivity contribution in [3.05, 3.63) is 68.4 Å². The molecule has 0 aliphatic carbocycles. The van der Waals surface area contributed by atoms with Gasteiger partial charge in [0.25, 0.3) is 0 Å². The molecule has 0 aromatic heterocycles. The van der Waals surface area contributed by atoms with Crippen LogP contribution in [0.15, 0.2) is 34.8 Å². The second kappa shape index (κ2) is 5.88. The Morgan fingerprint density at radius 1 is 1.05 bits per heavy atom. The SMILES string of the molecule is Cc1cc(C)c(C(=O)Cc2cc(F)cc(Br)c2)c(C)c1. The van der Waals surface area contributed by atoms with Gasteiger partial charge in [-0.2, -0.15) is 0 Å². The van der Waals surface area contributed by atoms with Crippen LogP contribution < -0.4 is 0 Å². The van der Waals surface area contributed by atoms with Crippen molar-refractivity contribution in [3.63, 3.8) is 0 Å². The zero-order valence-corrected chi connectivity index (χ0v) is 13.3. The van der Waals surface area contributed by atoms with Gasteiger partial charge in [-0.25, -0.2) is 4.39 Å². The summed E-state index contributed by atoms with van der Waals surface area (Å²) in [5.74, 6) is -0.308. The summed E-state index contributed by atoms with van der Waals surface area (Å²) in [7, 11) is 0. The highest BCUT2D eigenvalue weighted by molar-refractivity contribution is 9.10. The van der Waals surface area contributed by atoms with Crippen molar-refractivity contribution in [3.8, 4) is 0 Å². The molecule has 0 aliphatic heterocycles. The maximum atomic E-state index is 13.4. The number of rotatable bonds is 3. The van der Waals surface area contributed by atoms with E-state index in [0.29, 0.717) is 10.0 Å². The van der Waals surface area contributed by atoms with Crippen LogP contribution in [0.3, 0.4) is 0 Å². The molecule has 0 amide bonds. The Balaban J connectivity index is 2.33. The Kier molecular flexibility index (Phi) is 4.39. The van der Waals surface area contributed by atoms with Crippen LogP contribution in [0.2, 0.25) is 0 Å². The Labute approximate surface area is 127 Å². The van der Waals surface area contributed by atoms with E-state index < -0.39 is 0 Å². The fourth-order valence-electron chi connectivity index (χ4n) is 2.61. The lowest BCUT2D eigenvalue weighted by Crippen LogP contribution is -2.08. The minimum absolute atomic E-state index is 0.0255. The van der Waals surface area contributed by atoms with Crippen molar-refractivity contribution >= 4 is 21.7 Å². The van der Waals surface area contributed by atoms with E-state index in [1.807, 2.05) is 32.9 Å². The normalized spacial score (nSPS) is 10.7. The molecule has 0 heterocycles. The first-order chi connectivity index (χ1) is 9.36. The molecule has 0 aliphatic rings. The maximum absolute atomic E-state index is 13.4. The third kappa shape index (κ3) is 3.34. The first-order valence-electron chi connectivity index (χ1n) is 6.43. The third-order valence-electron chi connectivity index (χ3n) is 3.24. The molecular formula is C17H16BrFO. The summed E-state index contributed by atoms with van der Waals surface area (Å²) >= 11 is 3.25. The van der Waals surface area contributed by atoms with Crippen molar-refractivity contribution in [2.75, 3.05) is 0 Å². The lowest BCUT2D eigenvalue weighted by Gasteiger charge is -2.10. The van der Waals surface area contributed by atoms with Gasteiger partial charge in [-0.1, -0.05) is 33.6 Å². The summed E-state index contributed by atoms with van der Waals surface area (Å²) in [6.07, 6.45) is 0.209. The number of halogens is 2. The molecule has 2 rings (SSSR count). The van der Waals surface area contributed by atoms with E-state index >= 15 is 0 Å². The van der Waals surface area contributed by atoms with E-state index in [1.54, 1.807) is 6.07 Å². The molecule has 0 atom stereocenters. The molecule has 0 spiro atoms. The lowest BCUT2D eigenvalue weighted by molar-refractivity contribution is 0.0992. The van der Waals surface area contributed by atoms with E-state index in [9.17, 15) is 9.18 Å². The predicted molar refractivity (Wildman–Crippen MR) is 82.8 cm³/mol. The van der Waals surface area contributed by atoms with Crippen LogP contribution in [-0.2, 0) is 6.42 Å². The topological polar surface area (TPSA) is 17.1 Å². The van der Waals surface area contributed by atoms with Crippen LogP contribution in [0.4, 0.5) is 4.39 Å². The number of carbonyl (C=O) groups excluding carboxylic acids is 1. The highest BCUT2D eigenvalue weighted by Crippen LogP contribution is 2.21. The minimum Gasteiger partial charge on any atom is -0.294 e. The lowest BCUT2D eigenvalue weighted by atomic mass is 9.93. The largest absolute Gasteiger partial charge is 0.294 e. The average molecular weight is 335 g/mol. The van der Waals surface area contributed by atoms with Gasteiger partial charge >= 0.3 is 0 Å². The van der Waals surface area contributed by atoms with Crippen LogP contribution in [-0.4, -0.2) is 5.78 Å². The van der Waals surface area contributed by atoms with Gasteiger partial charge < -0.3 is 0 Å². The molecule has 2 aromatic rings. The number of aryl methyl sites for hydroxylation is 3. The van der Waals surface area contributed by atoms with Crippen LogP contribution in [0.25, 0.3) is 0 Å². The van der Waals surface area contributed by atoms with Gasteiger partial charge in [-0.15, -0.1) is 0 Å². The zero-order chi connectivity index (χ0) is 14.9. The molecule has 0 fully saturated rings. The number of hydrogen-bond acceptors (Lipinski definition) is 1. The van der Waals surface area contributed by atoms with Gasteiger partial charge in [-0.3, -0.25) is 4.79 Å². The van der Waals surface area contributed by atoms with Crippen LogP contribution >= 0.6 is 15.9 Å². The highest BCUT2D eigenvalue weighted by atomic mass is 79.9. The van der Waals surface area contributed by atoms with Gasteiger partial charge in [0.2, 0.25) is 0 Å². The highest BCUT2D eigenvalue weighted by Gasteiger charge is 2.14. The molecular weight excluding hydrogens is 319 g/mol. The average Bonchev–Trinajstić information content (AvgIpc) is 2.25. The zero-order valence-electron chi connectivity index (χ0n) is 11.8. The maximum Gasteiger partial charge on any atom is 0.167 e. The molecule has 0 bridgehead atoms. The molecule has 0 N–H and O–H groups in total. The second-order valence-corrected chi connectivity index (χ2v) is 6.07. The fraction of sp³-hybridized carbons (Fsp3) is 0.235. The van der Waals surface area contributed by atoms with Gasteiger partial charge in [-0.05, 0) is 55.7 Å². The number of carbonyl (C=O) groups is 1. The van der Waals surface area contributed by atoms with E-state index in [4.69, 9.17) is 0 Å². The Hall–Kier alpha value is -1.48. The van der Waals surface area contributed by atoms with Crippen molar-refractivity contribution in [2.24, 2.45) is 0 Å². The third-order valence-corrected chi connectivity index (χ3v) is 3.70. The molecule has 20 heavy (non-hydrogen) atoms. The summed E-state index contributed by atoms with van der Waals surface area (Å²) in [6.45, 7) is 5.89. The molecule has 2 aromatic carbocycles. The number of Topliss-reactive ketones (excluding diaryl/α,β-unsaturated/α-hetero) is 1. The minimum atomic E-state index is -0.334. The summed E-state index contributed by atoms with van der Waals surface area (Å²) in [5, 5.41) is 0. The second-order valence-electron chi connectivity index (χ2n) is 5.15. The molecule has 3 heteroatoms. The van der Waals surface area contributed by atoms with E-state index in [2.05, 4.69) is 15.9 Å². The van der Waals surface area contributed by atoms with Gasteiger partial charge in [0.1, 0.15) is 5.82 Å². The van der Waals surface area contributed by atoms with Gasteiger partial charge in [0.05, 0.1) is 0 Å². The van der Waals surface area contributed by atoms with Crippen LogP contribution in [0.5, 0.6) is 0 Å². The summed E-state index contributed by atoms with van der Waals surface area (Å²) in [4.78, 5) is 12.5. The number of hydrogen-bond donors (Lipinski definition) is 0. The monoisotopic (exact) mass is 334 g/mol. The molecule has 104 valence electrons. The standard InChI is InChI=1S/C17H16BrFO/c1-10-4-11(2)17(12(3)5-10)16(20)8-13-6-14(18)9-15(19)7-13/h4-7,9H,8H2,1-3H3. The van der Waals surface area contributed by atoms with Crippen LogP contribution in [0.1, 0.15) is 32.6 Å². The first kappa shape index (κ1) is 14.9. The van der Waals surface area contributed by atoms with E-state index in [-0.39, 0.29) is 18.0 Å². The predicted octanol–water partition coefficient (Wildman–Crippen LogP) is 4.94. The Bertz CT molecular complexity index is 633. The number of benzene rings is 2. The summed E-state index contributed by atoms with van der Waals surface area (Å²) in [5.41, 5.74) is 4.52.